The summed E-state index contributed by atoms with van der Waals surface area (Å²) in [6, 6.07) is 7.79. The van der Waals surface area contributed by atoms with Crippen LogP contribution in [0.15, 0.2) is 24.3 Å². The van der Waals surface area contributed by atoms with Crippen LogP contribution < -0.4 is 11.1 Å². The Hall–Kier alpha value is -1.42. The van der Waals surface area contributed by atoms with Gasteiger partial charge in [-0.25, -0.2) is 0 Å². The molecule has 0 aliphatic rings. The molecule has 0 fully saturated rings. The molecule has 3 N–H and O–H groups in total. The van der Waals surface area contributed by atoms with Crippen LogP contribution in [0.5, 0.6) is 0 Å². The van der Waals surface area contributed by atoms with Gasteiger partial charge in [-0.15, -0.1) is 0 Å². The van der Waals surface area contributed by atoms with Gasteiger partial charge in [-0.05, 0) is 24.0 Å². The smallest absolute Gasteiger partial charge is 0.234 e. The number of anilines is 1. The number of nitrogens with two attached hydrogens (primary N) is 1. The number of hydrogen-bond acceptors (Lipinski definition) is 2. The summed E-state index contributed by atoms with van der Waals surface area (Å²) in [5.74, 6) is -0.176. The monoisotopic (exact) mass is 264 g/mol. The molecule has 3 nitrogen and oxygen atoms in total. The lowest BCUT2D eigenvalue weighted by Crippen LogP contribution is -2.32. The van der Waals surface area contributed by atoms with E-state index in [1.54, 1.807) is 0 Å². The molecule has 1 amide bonds. The lowest BCUT2D eigenvalue weighted by molar-refractivity contribution is -0.118. The Balaban J connectivity index is 2.91. The zero-order valence-corrected chi connectivity index (χ0v) is 11.9. The number of benzene rings is 1. The summed E-state index contributed by atoms with van der Waals surface area (Å²) >= 11 is 4.91. The first-order chi connectivity index (χ1) is 8.47. The maximum absolute atomic E-state index is 12.1. The van der Waals surface area contributed by atoms with Crippen molar-refractivity contribution in [3.63, 3.8) is 0 Å². The highest BCUT2D eigenvalue weighted by Gasteiger charge is 2.20. The van der Waals surface area contributed by atoms with Gasteiger partial charge in [-0.1, -0.05) is 51.2 Å². The Bertz CT molecular complexity index is 443. The molecule has 0 aliphatic heterocycles. The predicted molar refractivity (Wildman–Crippen MR) is 79.7 cm³/mol. The molecular formula is C14H20N2OS. The van der Waals surface area contributed by atoms with Gasteiger partial charge in [-0.2, -0.15) is 0 Å². The number of thiocarbonyl (C=S) groups is 1. The van der Waals surface area contributed by atoms with E-state index in [0.717, 1.165) is 11.3 Å². The molecule has 1 aromatic rings. The second-order valence-corrected chi connectivity index (χ2v) is 5.07. The molecule has 0 heterocycles. The summed E-state index contributed by atoms with van der Waals surface area (Å²) in [6.07, 6.45) is 0.616. The van der Waals surface area contributed by atoms with E-state index < -0.39 is 5.92 Å². The molecule has 18 heavy (non-hydrogen) atoms. The quantitative estimate of drug-likeness (QED) is 0.804. The standard InChI is InChI=1S/C14H20N2OS/c1-4-10(13(15)18)14(17)16-12-8-6-5-7-11(12)9(2)3/h5-10H,4H2,1-3H3,(H2,15,18)(H,16,17). The number of carbonyl (C=O) groups is 1. The van der Waals surface area contributed by atoms with Crippen LogP contribution >= 0.6 is 12.2 Å². The fourth-order valence-electron chi connectivity index (χ4n) is 1.85. The molecule has 0 saturated carbocycles. The number of para-hydroxylation sites is 1. The summed E-state index contributed by atoms with van der Waals surface area (Å²) in [5, 5.41) is 2.92. The SMILES string of the molecule is CCC(C(=O)Nc1ccccc1C(C)C)C(N)=S. The minimum Gasteiger partial charge on any atom is -0.393 e. The molecule has 1 aromatic carbocycles. The van der Waals surface area contributed by atoms with E-state index in [0.29, 0.717) is 12.3 Å². The Kier molecular flexibility index (Phi) is 5.28. The van der Waals surface area contributed by atoms with Gasteiger partial charge in [0.2, 0.25) is 5.91 Å². The largest absolute Gasteiger partial charge is 0.393 e. The molecular weight excluding hydrogens is 244 g/mol. The van der Waals surface area contributed by atoms with Crippen molar-refractivity contribution in [3.05, 3.63) is 29.8 Å². The first kappa shape index (κ1) is 14.6. The third kappa shape index (κ3) is 3.53. The van der Waals surface area contributed by atoms with Crippen LogP contribution in [0.25, 0.3) is 0 Å². The lowest BCUT2D eigenvalue weighted by atomic mass is 10.00. The Morgan fingerprint density at radius 2 is 2.00 bits per heavy atom. The van der Waals surface area contributed by atoms with Gasteiger partial charge in [0.05, 0.1) is 10.9 Å². The van der Waals surface area contributed by atoms with E-state index in [-0.39, 0.29) is 10.9 Å². The van der Waals surface area contributed by atoms with Gasteiger partial charge >= 0.3 is 0 Å². The normalized spacial score (nSPS) is 12.2. The van der Waals surface area contributed by atoms with Gasteiger partial charge in [0.15, 0.2) is 0 Å². The Morgan fingerprint density at radius 1 is 1.39 bits per heavy atom. The Morgan fingerprint density at radius 3 is 2.50 bits per heavy atom. The molecule has 0 spiro atoms. The molecule has 4 heteroatoms. The second kappa shape index (κ2) is 6.50. The molecule has 98 valence electrons. The fourth-order valence-corrected chi connectivity index (χ4v) is 2.12. The van der Waals surface area contributed by atoms with Gasteiger partial charge in [0.1, 0.15) is 0 Å². The highest BCUT2D eigenvalue weighted by Crippen LogP contribution is 2.24. The van der Waals surface area contributed by atoms with Crippen molar-refractivity contribution in [3.8, 4) is 0 Å². The summed E-state index contributed by atoms with van der Waals surface area (Å²) in [7, 11) is 0. The van der Waals surface area contributed by atoms with Crippen LogP contribution in [-0.4, -0.2) is 10.9 Å². The van der Waals surface area contributed by atoms with E-state index in [1.807, 2.05) is 31.2 Å². The number of hydrogen-bond donors (Lipinski definition) is 2. The number of amides is 1. The topological polar surface area (TPSA) is 55.1 Å². The minimum absolute atomic E-state index is 0.127. The summed E-state index contributed by atoms with van der Waals surface area (Å²) in [6.45, 7) is 6.09. The van der Waals surface area contributed by atoms with Gasteiger partial charge in [-0.3, -0.25) is 4.79 Å². The maximum atomic E-state index is 12.1. The summed E-state index contributed by atoms with van der Waals surface area (Å²) < 4.78 is 0. The fraction of sp³-hybridized carbons (Fsp3) is 0.429. The zero-order chi connectivity index (χ0) is 13.7. The number of nitrogens with one attached hydrogen (secondary N) is 1. The van der Waals surface area contributed by atoms with Crippen molar-refractivity contribution in [1.82, 2.24) is 0 Å². The van der Waals surface area contributed by atoms with Gasteiger partial charge < -0.3 is 11.1 Å². The highest BCUT2D eigenvalue weighted by atomic mass is 32.1. The molecule has 0 radical (unpaired) electrons. The van der Waals surface area contributed by atoms with Crippen molar-refractivity contribution in [2.45, 2.75) is 33.1 Å². The van der Waals surface area contributed by atoms with Gasteiger partial charge in [0, 0.05) is 5.69 Å². The van der Waals surface area contributed by atoms with Crippen molar-refractivity contribution >= 4 is 28.8 Å². The highest BCUT2D eigenvalue weighted by molar-refractivity contribution is 7.80. The predicted octanol–water partition coefficient (Wildman–Crippen LogP) is 3.06. The van der Waals surface area contributed by atoms with E-state index in [1.165, 1.54) is 0 Å². The van der Waals surface area contributed by atoms with E-state index >= 15 is 0 Å². The van der Waals surface area contributed by atoms with Crippen molar-refractivity contribution in [1.29, 1.82) is 0 Å². The van der Waals surface area contributed by atoms with Crippen LogP contribution in [-0.2, 0) is 4.79 Å². The summed E-state index contributed by atoms with van der Waals surface area (Å²) in [4.78, 5) is 12.3. The first-order valence-electron chi connectivity index (χ1n) is 6.16. The van der Waals surface area contributed by atoms with Crippen molar-refractivity contribution in [2.75, 3.05) is 5.32 Å². The van der Waals surface area contributed by atoms with E-state index in [2.05, 4.69) is 19.2 Å². The van der Waals surface area contributed by atoms with Crippen LogP contribution in [0, 0.1) is 5.92 Å². The van der Waals surface area contributed by atoms with Crippen molar-refractivity contribution in [2.24, 2.45) is 11.7 Å². The third-order valence-electron chi connectivity index (χ3n) is 2.91. The van der Waals surface area contributed by atoms with Crippen LogP contribution in [0.4, 0.5) is 5.69 Å². The van der Waals surface area contributed by atoms with Crippen molar-refractivity contribution < 1.29 is 4.79 Å². The van der Waals surface area contributed by atoms with Crippen LogP contribution in [0.2, 0.25) is 0 Å². The molecule has 0 saturated heterocycles. The zero-order valence-electron chi connectivity index (χ0n) is 11.1. The lowest BCUT2D eigenvalue weighted by Gasteiger charge is -2.17. The third-order valence-corrected chi connectivity index (χ3v) is 3.19. The van der Waals surface area contributed by atoms with Crippen LogP contribution in [0.3, 0.4) is 0 Å². The second-order valence-electron chi connectivity index (χ2n) is 4.59. The molecule has 0 bridgehead atoms. The average Bonchev–Trinajstić information content (AvgIpc) is 2.29. The maximum Gasteiger partial charge on any atom is 0.234 e. The van der Waals surface area contributed by atoms with Gasteiger partial charge in [0.25, 0.3) is 0 Å². The molecule has 0 aliphatic carbocycles. The molecule has 1 atom stereocenters. The summed E-state index contributed by atoms with van der Waals surface area (Å²) in [5.41, 5.74) is 7.52. The number of rotatable bonds is 5. The van der Waals surface area contributed by atoms with Crippen LogP contribution in [0.1, 0.15) is 38.7 Å². The van der Waals surface area contributed by atoms with E-state index in [4.69, 9.17) is 18.0 Å². The molecule has 1 unspecified atom stereocenters. The molecule has 0 aromatic heterocycles. The number of carbonyl (C=O) groups excluding carboxylic acids is 1. The average molecular weight is 264 g/mol. The first-order valence-corrected chi connectivity index (χ1v) is 6.57. The van der Waals surface area contributed by atoms with E-state index in [9.17, 15) is 4.79 Å². The minimum atomic E-state index is -0.403. The Labute approximate surface area is 114 Å². The molecule has 1 rings (SSSR count).